The van der Waals surface area contributed by atoms with Crippen molar-refractivity contribution >= 4 is 11.8 Å². The van der Waals surface area contributed by atoms with E-state index < -0.39 is 0 Å². The van der Waals surface area contributed by atoms with Crippen LogP contribution in [0.3, 0.4) is 0 Å². The van der Waals surface area contributed by atoms with Crippen LogP contribution in [0, 0.1) is 5.82 Å². The molecule has 1 aromatic heterocycles. The molecule has 0 radical (unpaired) electrons. The van der Waals surface area contributed by atoms with Crippen molar-refractivity contribution in [3.63, 3.8) is 0 Å². The third-order valence-corrected chi connectivity index (χ3v) is 4.17. The minimum atomic E-state index is -0.193. The van der Waals surface area contributed by atoms with Crippen LogP contribution in [0.2, 0.25) is 0 Å². The molecule has 0 aliphatic rings. The Kier molecular flexibility index (Phi) is 5.61. The molecule has 0 fully saturated rings. The number of benzene rings is 1. The fourth-order valence-electron chi connectivity index (χ4n) is 1.96. The standard InChI is InChI=1S/C15H20FN3S/c1-3-17-15(12-9-18-19(4-2)10-12)11-20-14-7-5-13(16)6-8-14/h5-10,15,17H,3-4,11H2,1-2H3. The molecule has 2 aromatic rings. The quantitative estimate of drug-likeness (QED) is 0.793. The monoisotopic (exact) mass is 293 g/mol. The lowest BCUT2D eigenvalue weighted by Gasteiger charge is -2.15. The average molecular weight is 293 g/mol. The highest BCUT2D eigenvalue weighted by Crippen LogP contribution is 2.24. The zero-order chi connectivity index (χ0) is 14.4. The lowest BCUT2D eigenvalue weighted by atomic mass is 10.2. The van der Waals surface area contributed by atoms with E-state index in [0.29, 0.717) is 0 Å². The molecular weight excluding hydrogens is 273 g/mol. The van der Waals surface area contributed by atoms with E-state index in [1.165, 1.54) is 17.7 Å². The predicted molar refractivity (Wildman–Crippen MR) is 81.4 cm³/mol. The van der Waals surface area contributed by atoms with Crippen molar-refractivity contribution < 1.29 is 4.39 Å². The first kappa shape index (κ1) is 15.1. The van der Waals surface area contributed by atoms with Crippen molar-refractivity contribution in [1.82, 2.24) is 15.1 Å². The molecule has 1 heterocycles. The van der Waals surface area contributed by atoms with Crippen LogP contribution in [0.1, 0.15) is 25.5 Å². The van der Waals surface area contributed by atoms with E-state index in [1.54, 1.807) is 11.8 Å². The average Bonchev–Trinajstić information content (AvgIpc) is 2.94. The highest BCUT2D eigenvalue weighted by atomic mass is 32.2. The minimum absolute atomic E-state index is 0.193. The van der Waals surface area contributed by atoms with Gasteiger partial charge >= 0.3 is 0 Å². The van der Waals surface area contributed by atoms with Crippen molar-refractivity contribution in [2.75, 3.05) is 12.3 Å². The Labute approximate surface area is 123 Å². The number of nitrogens with zero attached hydrogens (tertiary/aromatic N) is 2. The van der Waals surface area contributed by atoms with Crippen molar-refractivity contribution in [1.29, 1.82) is 0 Å². The third kappa shape index (κ3) is 4.08. The van der Waals surface area contributed by atoms with E-state index in [-0.39, 0.29) is 11.9 Å². The molecule has 1 unspecified atom stereocenters. The molecular formula is C15H20FN3S. The molecule has 1 atom stereocenters. The maximum Gasteiger partial charge on any atom is 0.123 e. The maximum absolute atomic E-state index is 12.9. The highest BCUT2D eigenvalue weighted by Gasteiger charge is 2.13. The van der Waals surface area contributed by atoms with Gasteiger partial charge in [0.25, 0.3) is 0 Å². The summed E-state index contributed by atoms with van der Waals surface area (Å²) in [6, 6.07) is 6.89. The van der Waals surface area contributed by atoms with Gasteiger partial charge in [0.15, 0.2) is 0 Å². The topological polar surface area (TPSA) is 29.9 Å². The molecule has 0 amide bonds. The molecule has 0 bridgehead atoms. The highest BCUT2D eigenvalue weighted by molar-refractivity contribution is 7.99. The van der Waals surface area contributed by atoms with Gasteiger partial charge in [-0.05, 0) is 37.7 Å². The summed E-state index contributed by atoms with van der Waals surface area (Å²) in [5.41, 5.74) is 1.20. The van der Waals surface area contributed by atoms with E-state index in [9.17, 15) is 4.39 Å². The fraction of sp³-hybridized carbons (Fsp3) is 0.400. The van der Waals surface area contributed by atoms with E-state index in [0.717, 1.165) is 23.7 Å². The molecule has 1 N–H and O–H groups in total. The molecule has 0 spiro atoms. The smallest absolute Gasteiger partial charge is 0.123 e. The molecule has 20 heavy (non-hydrogen) atoms. The Balaban J connectivity index is 2.00. The normalized spacial score (nSPS) is 12.6. The number of aryl methyl sites for hydroxylation is 1. The first-order valence-electron chi connectivity index (χ1n) is 6.87. The van der Waals surface area contributed by atoms with Gasteiger partial charge in [-0.25, -0.2) is 4.39 Å². The molecule has 2 rings (SSSR count). The third-order valence-electron chi connectivity index (χ3n) is 3.06. The molecule has 0 aliphatic heterocycles. The lowest BCUT2D eigenvalue weighted by Crippen LogP contribution is -2.22. The number of nitrogens with one attached hydrogen (secondary N) is 1. The second-order valence-electron chi connectivity index (χ2n) is 4.50. The molecule has 5 heteroatoms. The number of rotatable bonds is 7. The lowest BCUT2D eigenvalue weighted by molar-refractivity contribution is 0.602. The zero-order valence-electron chi connectivity index (χ0n) is 11.8. The van der Waals surface area contributed by atoms with Crippen LogP contribution in [-0.4, -0.2) is 22.1 Å². The van der Waals surface area contributed by atoms with Gasteiger partial charge in [0, 0.05) is 35.0 Å². The van der Waals surface area contributed by atoms with Crippen LogP contribution in [0.5, 0.6) is 0 Å². The molecule has 0 saturated heterocycles. The Morgan fingerprint density at radius 1 is 1.30 bits per heavy atom. The van der Waals surface area contributed by atoms with Gasteiger partial charge in [0.05, 0.1) is 6.20 Å². The number of hydrogen-bond donors (Lipinski definition) is 1. The largest absolute Gasteiger partial charge is 0.309 e. The van der Waals surface area contributed by atoms with Crippen LogP contribution in [0.25, 0.3) is 0 Å². The van der Waals surface area contributed by atoms with Crippen LogP contribution >= 0.6 is 11.8 Å². The summed E-state index contributed by atoms with van der Waals surface area (Å²) >= 11 is 1.72. The Morgan fingerprint density at radius 3 is 2.65 bits per heavy atom. The first-order chi connectivity index (χ1) is 9.72. The van der Waals surface area contributed by atoms with Gasteiger partial charge in [-0.1, -0.05) is 6.92 Å². The van der Waals surface area contributed by atoms with E-state index >= 15 is 0 Å². The van der Waals surface area contributed by atoms with Crippen LogP contribution in [-0.2, 0) is 6.54 Å². The van der Waals surface area contributed by atoms with Gasteiger partial charge in [-0.3, -0.25) is 4.68 Å². The van der Waals surface area contributed by atoms with Gasteiger partial charge in [0.2, 0.25) is 0 Å². The van der Waals surface area contributed by atoms with Gasteiger partial charge < -0.3 is 5.32 Å². The number of halogens is 1. The van der Waals surface area contributed by atoms with Crippen LogP contribution in [0.15, 0.2) is 41.6 Å². The molecule has 1 aromatic carbocycles. The predicted octanol–water partition coefficient (Wildman–Crippen LogP) is 3.49. The van der Waals surface area contributed by atoms with Gasteiger partial charge in [-0.2, -0.15) is 5.10 Å². The van der Waals surface area contributed by atoms with E-state index in [4.69, 9.17) is 0 Å². The second kappa shape index (κ2) is 7.45. The van der Waals surface area contributed by atoms with Crippen molar-refractivity contribution in [2.45, 2.75) is 31.3 Å². The summed E-state index contributed by atoms with van der Waals surface area (Å²) in [5.74, 6) is 0.705. The minimum Gasteiger partial charge on any atom is -0.309 e. The summed E-state index contributed by atoms with van der Waals surface area (Å²) < 4.78 is 14.8. The summed E-state index contributed by atoms with van der Waals surface area (Å²) in [5, 5.41) is 7.79. The van der Waals surface area contributed by atoms with E-state index in [2.05, 4.69) is 30.5 Å². The SMILES string of the molecule is CCNC(CSc1ccc(F)cc1)c1cnn(CC)c1. The molecule has 108 valence electrons. The van der Waals surface area contributed by atoms with E-state index in [1.807, 2.05) is 23.0 Å². The summed E-state index contributed by atoms with van der Waals surface area (Å²) in [6.07, 6.45) is 4.00. The van der Waals surface area contributed by atoms with Gasteiger partial charge in [-0.15, -0.1) is 11.8 Å². The molecule has 0 aliphatic carbocycles. The summed E-state index contributed by atoms with van der Waals surface area (Å²) in [7, 11) is 0. The van der Waals surface area contributed by atoms with Crippen LogP contribution < -0.4 is 5.32 Å². The zero-order valence-corrected chi connectivity index (χ0v) is 12.7. The second-order valence-corrected chi connectivity index (χ2v) is 5.60. The van der Waals surface area contributed by atoms with Gasteiger partial charge in [0.1, 0.15) is 5.82 Å². The fourth-order valence-corrected chi connectivity index (χ4v) is 2.96. The Hall–Kier alpha value is -1.33. The molecule has 0 saturated carbocycles. The number of hydrogen-bond acceptors (Lipinski definition) is 3. The summed E-state index contributed by atoms with van der Waals surface area (Å²) in [4.78, 5) is 1.08. The molecule has 3 nitrogen and oxygen atoms in total. The van der Waals surface area contributed by atoms with Crippen molar-refractivity contribution in [3.05, 3.63) is 48.0 Å². The first-order valence-corrected chi connectivity index (χ1v) is 7.85. The number of thioether (sulfide) groups is 1. The summed E-state index contributed by atoms with van der Waals surface area (Å²) in [6.45, 7) is 5.96. The Morgan fingerprint density at radius 2 is 2.05 bits per heavy atom. The number of aromatic nitrogens is 2. The van der Waals surface area contributed by atoms with Crippen LogP contribution in [0.4, 0.5) is 4.39 Å². The Bertz CT molecular complexity index is 524. The van der Waals surface area contributed by atoms with Crippen molar-refractivity contribution in [3.8, 4) is 0 Å². The maximum atomic E-state index is 12.9. The van der Waals surface area contributed by atoms with Crippen molar-refractivity contribution in [2.24, 2.45) is 0 Å².